The molecule has 0 spiro atoms. The quantitative estimate of drug-likeness (QED) is 0.163. The van der Waals surface area contributed by atoms with Crippen molar-refractivity contribution in [2.75, 3.05) is 0 Å². The lowest BCUT2D eigenvalue weighted by Crippen LogP contribution is -2.57. The number of hydrogen-bond acceptors (Lipinski definition) is 4. The number of benzene rings is 13. The molecule has 2 aliphatic rings. The van der Waals surface area contributed by atoms with Gasteiger partial charge in [-0.1, -0.05) is 113 Å². The molecule has 9 heteroatoms. The number of para-hydroxylation sites is 4. The van der Waals surface area contributed by atoms with E-state index in [1.165, 1.54) is 49.4 Å². The highest BCUT2D eigenvalue weighted by atomic mass is 15.0. The van der Waals surface area contributed by atoms with Crippen molar-refractivity contribution < 1.29 is 0 Å². The molecule has 0 N–H and O–H groups in total. The number of nitriles is 4. The number of rotatable bonds is 4. The Morgan fingerprint density at radius 3 is 0.966 bits per heavy atom. The average molecular weight is 1110 g/mol. The molecular weight excluding hydrogens is 1070 g/mol. The molecule has 19 rings (SSSR count). The van der Waals surface area contributed by atoms with E-state index in [4.69, 9.17) is 0 Å². The zero-order valence-corrected chi connectivity index (χ0v) is 47.1. The smallest absolute Gasteiger partial charge is 0.244 e. The maximum absolute atomic E-state index is 10.1. The standard InChI is InChI=1S/C79H41BN8/c1-44-34-59-75-71-61(38-69-73(75)55-12-4-8-16-67(55)85(69)49-26-18-45(40-81)19-27-49)78-57(53-10-2-6-14-65(53)87(78)51-30-22-47(42-83)23-31-51)36-63(71)80-64-37-58-54-11-3-7-15-66(54)88(52-32-24-48(43-84)25-33-52)79(58)62-39-70-74(76(72(62)64)60(35-44)77(59)80)56-13-5-9-17-68(56)86(70)50-28-20-46(41-82)21-29-50/h2-39H,1H3. The normalized spacial score (nSPS) is 12.3. The molecule has 13 aromatic carbocycles. The van der Waals surface area contributed by atoms with E-state index < -0.39 is 0 Å². The summed E-state index contributed by atoms with van der Waals surface area (Å²) in [6.45, 7) is 2.01. The topological polar surface area (TPSA) is 115 Å². The molecule has 0 saturated carbocycles. The molecule has 2 aliphatic heterocycles. The van der Waals surface area contributed by atoms with Gasteiger partial charge in [0.15, 0.2) is 0 Å². The minimum atomic E-state index is -0.243. The van der Waals surface area contributed by atoms with E-state index in [1.807, 2.05) is 48.5 Å². The van der Waals surface area contributed by atoms with E-state index in [9.17, 15) is 21.0 Å². The van der Waals surface area contributed by atoms with Crippen LogP contribution >= 0.6 is 0 Å². The summed E-state index contributed by atoms with van der Waals surface area (Å²) in [7, 11) is 0. The number of aromatic nitrogens is 4. The summed E-state index contributed by atoms with van der Waals surface area (Å²) < 4.78 is 9.60. The average Bonchev–Trinajstić information content (AvgIpc) is 1.26. The highest BCUT2D eigenvalue weighted by Crippen LogP contribution is 2.53. The summed E-state index contributed by atoms with van der Waals surface area (Å²) in [5.74, 6) is 0. The van der Waals surface area contributed by atoms with Crippen molar-refractivity contribution in [3.8, 4) is 69.3 Å². The molecule has 8 nitrogen and oxygen atoms in total. The zero-order chi connectivity index (χ0) is 58.4. The van der Waals surface area contributed by atoms with Gasteiger partial charge in [0.05, 0.1) is 90.7 Å². The van der Waals surface area contributed by atoms with Crippen LogP contribution in [-0.2, 0) is 0 Å². The van der Waals surface area contributed by atoms with Crippen molar-refractivity contribution in [2.45, 2.75) is 6.92 Å². The van der Waals surface area contributed by atoms with E-state index in [1.54, 1.807) is 0 Å². The highest BCUT2D eigenvalue weighted by molar-refractivity contribution is 7.02. The van der Waals surface area contributed by atoms with Crippen molar-refractivity contribution in [3.05, 3.63) is 258 Å². The van der Waals surface area contributed by atoms with Gasteiger partial charge < -0.3 is 18.3 Å². The lowest BCUT2D eigenvalue weighted by molar-refractivity contribution is 1.18. The van der Waals surface area contributed by atoms with Crippen LogP contribution in [-0.4, -0.2) is 25.0 Å². The van der Waals surface area contributed by atoms with Crippen molar-refractivity contribution in [3.63, 3.8) is 0 Å². The van der Waals surface area contributed by atoms with Crippen molar-refractivity contribution in [2.24, 2.45) is 0 Å². The second kappa shape index (κ2) is 17.4. The predicted molar refractivity (Wildman–Crippen MR) is 358 cm³/mol. The van der Waals surface area contributed by atoms with E-state index in [0.717, 1.165) is 126 Å². The summed E-state index contributed by atoms with van der Waals surface area (Å²) in [4.78, 5) is 0. The SMILES string of the molecule is Cc1cc2c3c(c1)-c1c4c(cc5c6ccccc6n(-c6ccc(C#N)cc6)c5c4cc4c1c1ccccc1n4-c1ccc(C#N)cc1)B3c1cc3c4ccccc4n(-c4ccc(C#N)cc4)c3c3cc4c(c-2c13)c1ccccc1n4-c1ccc(C#N)cc1. The first-order valence-corrected chi connectivity index (χ1v) is 29.5. The van der Waals surface area contributed by atoms with Gasteiger partial charge in [-0.05, 0) is 179 Å². The summed E-state index contributed by atoms with van der Waals surface area (Å²) in [6.07, 6.45) is 0. The fourth-order valence-corrected chi connectivity index (χ4v) is 15.9. The van der Waals surface area contributed by atoms with Crippen molar-refractivity contribution in [1.82, 2.24) is 18.3 Å². The molecule has 0 saturated heterocycles. The van der Waals surface area contributed by atoms with Crippen LogP contribution in [0.15, 0.2) is 231 Å². The van der Waals surface area contributed by atoms with Crippen LogP contribution in [0.4, 0.5) is 0 Å². The molecule has 6 heterocycles. The first-order valence-electron chi connectivity index (χ1n) is 29.5. The van der Waals surface area contributed by atoms with E-state index in [2.05, 4.69) is 231 Å². The van der Waals surface area contributed by atoms with Crippen LogP contribution in [0.25, 0.3) is 154 Å². The van der Waals surface area contributed by atoms with Gasteiger partial charge in [0.1, 0.15) is 0 Å². The third-order valence-corrected chi connectivity index (χ3v) is 19.2. The summed E-state index contributed by atoms with van der Waals surface area (Å²) in [6, 6.07) is 91.3. The fourth-order valence-electron chi connectivity index (χ4n) is 15.9. The maximum atomic E-state index is 10.1. The first-order chi connectivity index (χ1) is 43.4. The van der Waals surface area contributed by atoms with Crippen LogP contribution in [0.3, 0.4) is 0 Å². The van der Waals surface area contributed by atoms with Gasteiger partial charge in [-0.3, -0.25) is 0 Å². The molecule has 0 unspecified atom stereocenters. The molecular formula is C79H41BN8. The Labute approximate surface area is 502 Å². The molecule has 0 fully saturated rings. The molecule has 0 aliphatic carbocycles. The lowest BCUT2D eigenvalue weighted by Gasteiger charge is -2.36. The fraction of sp³-hybridized carbons (Fsp3) is 0.0127. The van der Waals surface area contributed by atoms with Crippen molar-refractivity contribution in [1.29, 1.82) is 21.0 Å². The van der Waals surface area contributed by atoms with E-state index >= 15 is 0 Å². The van der Waals surface area contributed by atoms with Gasteiger partial charge in [-0.2, -0.15) is 21.0 Å². The maximum Gasteiger partial charge on any atom is 0.244 e. The molecule has 0 radical (unpaired) electrons. The summed E-state index contributed by atoms with van der Waals surface area (Å²) in [5.41, 5.74) is 24.4. The Hall–Kier alpha value is -12.4. The molecule has 17 aromatic rings. The largest absolute Gasteiger partial charge is 0.309 e. The molecule has 0 atom stereocenters. The molecule has 0 amide bonds. The Balaban J connectivity index is 1.07. The Morgan fingerprint density at radius 1 is 0.295 bits per heavy atom. The van der Waals surface area contributed by atoms with Crippen LogP contribution in [0, 0.1) is 52.2 Å². The van der Waals surface area contributed by atoms with Gasteiger partial charge in [-0.15, -0.1) is 0 Å². The minimum Gasteiger partial charge on any atom is -0.309 e. The monoisotopic (exact) mass is 1110 g/mol. The second-order valence-corrected chi connectivity index (χ2v) is 23.6. The number of aryl methyl sites for hydroxylation is 1. The second-order valence-electron chi connectivity index (χ2n) is 23.6. The van der Waals surface area contributed by atoms with Crippen LogP contribution in [0.1, 0.15) is 27.8 Å². The highest BCUT2D eigenvalue weighted by Gasteiger charge is 2.43. The van der Waals surface area contributed by atoms with Crippen LogP contribution in [0.2, 0.25) is 0 Å². The summed E-state index contributed by atoms with van der Waals surface area (Å²) >= 11 is 0. The third kappa shape index (κ3) is 6.13. The van der Waals surface area contributed by atoms with Gasteiger partial charge in [0.2, 0.25) is 6.71 Å². The number of fused-ring (bicyclic) bond motifs is 20. The predicted octanol–water partition coefficient (Wildman–Crippen LogP) is 16.7. The van der Waals surface area contributed by atoms with Crippen LogP contribution < -0.4 is 16.4 Å². The Kier molecular flexibility index (Phi) is 9.47. The Bertz CT molecular complexity index is 5880. The van der Waals surface area contributed by atoms with Gasteiger partial charge in [0, 0.05) is 76.6 Å². The van der Waals surface area contributed by atoms with Gasteiger partial charge in [-0.25, -0.2) is 0 Å². The minimum absolute atomic E-state index is 0.243. The molecule has 0 bridgehead atoms. The van der Waals surface area contributed by atoms with Crippen LogP contribution in [0.5, 0.6) is 0 Å². The molecule has 4 aromatic heterocycles. The Morgan fingerprint density at radius 2 is 0.614 bits per heavy atom. The molecule has 400 valence electrons. The lowest BCUT2D eigenvalue weighted by atomic mass is 9.30. The van der Waals surface area contributed by atoms with E-state index in [0.29, 0.717) is 22.3 Å². The van der Waals surface area contributed by atoms with E-state index in [-0.39, 0.29) is 6.71 Å². The van der Waals surface area contributed by atoms with Gasteiger partial charge >= 0.3 is 0 Å². The first kappa shape index (κ1) is 48.0. The molecule has 88 heavy (non-hydrogen) atoms. The number of hydrogen-bond donors (Lipinski definition) is 0. The van der Waals surface area contributed by atoms with Gasteiger partial charge in [0.25, 0.3) is 0 Å². The zero-order valence-electron chi connectivity index (χ0n) is 47.1. The summed E-state index contributed by atoms with van der Waals surface area (Å²) in [5, 5.41) is 54.1. The third-order valence-electron chi connectivity index (χ3n) is 19.2. The van der Waals surface area contributed by atoms with Crippen molar-refractivity contribution >= 4 is 132 Å². The number of nitrogens with zero attached hydrogens (tertiary/aromatic N) is 8.